The van der Waals surface area contributed by atoms with Crippen molar-refractivity contribution in [2.75, 3.05) is 7.11 Å². The Hall–Kier alpha value is -3.54. The van der Waals surface area contributed by atoms with E-state index in [0.29, 0.717) is 0 Å². The van der Waals surface area contributed by atoms with Crippen LogP contribution in [-0.4, -0.2) is 34.4 Å². The Bertz CT molecular complexity index is 964. The van der Waals surface area contributed by atoms with Crippen LogP contribution in [0.3, 0.4) is 0 Å². The number of fused-ring (bicyclic) bond motifs is 1. The van der Waals surface area contributed by atoms with Crippen molar-refractivity contribution in [3.8, 4) is 11.5 Å². The molecule has 0 aliphatic rings. The molecule has 27 heavy (non-hydrogen) atoms. The second-order valence-electron chi connectivity index (χ2n) is 5.85. The van der Waals surface area contributed by atoms with E-state index in [-0.39, 0.29) is 11.3 Å². The van der Waals surface area contributed by atoms with Crippen molar-refractivity contribution in [3.63, 3.8) is 0 Å². The van der Waals surface area contributed by atoms with Crippen LogP contribution in [0.15, 0.2) is 60.7 Å². The molecule has 0 amide bonds. The van der Waals surface area contributed by atoms with Gasteiger partial charge in [-0.05, 0) is 47.5 Å². The fourth-order valence-corrected chi connectivity index (χ4v) is 2.44. The molecule has 6 nitrogen and oxygen atoms in total. The number of aromatic hydroxyl groups is 1. The summed E-state index contributed by atoms with van der Waals surface area (Å²) in [4.78, 5) is 21.2. The number of methoxy groups -OCH3 is 1. The lowest BCUT2D eigenvalue weighted by Gasteiger charge is -2.08. The van der Waals surface area contributed by atoms with E-state index in [1.807, 2.05) is 36.4 Å². The van der Waals surface area contributed by atoms with Crippen LogP contribution < -0.4 is 4.74 Å². The van der Waals surface area contributed by atoms with Gasteiger partial charge in [-0.1, -0.05) is 36.4 Å². The Morgan fingerprint density at radius 1 is 0.926 bits per heavy atom. The molecule has 6 heteroatoms. The molecule has 0 aliphatic carbocycles. The van der Waals surface area contributed by atoms with E-state index in [0.717, 1.165) is 22.1 Å². The molecule has 3 rings (SSSR count). The topological polar surface area (TPSA) is 104 Å². The molecule has 0 radical (unpaired) electrons. The van der Waals surface area contributed by atoms with Gasteiger partial charge in [0.05, 0.1) is 13.0 Å². The quantitative estimate of drug-likeness (QED) is 0.640. The third kappa shape index (κ3) is 4.98. The van der Waals surface area contributed by atoms with Gasteiger partial charge in [0.25, 0.3) is 0 Å². The van der Waals surface area contributed by atoms with Gasteiger partial charge in [0, 0.05) is 0 Å². The number of carboxylic acid groups (broad SMARTS) is 2. The smallest absolute Gasteiger partial charge is 0.339 e. The first kappa shape index (κ1) is 19.8. The highest BCUT2D eigenvalue weighted by Gasteiger charge is 2.13. The molecule has 0 saturated carbocycles. The van der Waals surface area contributed by atoms with Crippen molar-refractivity contribution >= 4 is 22.7 Å². The molecule has 140 valence electrons. The molecule has 3 aromatic rings. The van der Waals surface area contributed by atoms with Crippen molar-refractivity contribution in [1.82, 2.24) is 0 Å². The lowest BCUT2D eigenvalue weighted by Crippen LogP contribution is -2.06. The average molecular weight is 368 g/mol. The number of hydrogen-bond acceptors (Lipinski definition) is 4. The number of aliphatic carboxylic acids is 1. The van der Waals surface area contributed by atoms with Crippen LogP contribution in [0.5, 0.6) is 11.5 Å². The van der Waals surface area contributed by atoms with Gasteiger partial charge in [-0.25, -0.2) is 4.79 Å². The van der Waals surface area contributed by atoms with Crippen molar-refractivity contribution < 1.29 is 29.6 Å². The fraction of sp³-hybridized carbons (Fsp3) is 0.143. The number of para-hydroxylation sites is 1. The van der Waals surface area contributed by atoms with Gasteiger partial charge in [0.2, 0.25) is 0 Å². The SMILES string of the molecule is COc1ccc2cc(C(C)C(=O)O)ccc2c1.O=C(O)c1ccccc1O. The van der Waals surface area contributed by atoms with E-state index in [9.17, 15) is 9.59 Å². The average Bonchev–Trinajstić information content (AvgIpc) is 2.67. The highest BCUT2D eigenvalue weighted by molar-refractivity contribution is 5.90. The molecule has 0 fully saturated rings. The summed E-state index contributed by atoms with van der Waals surface area (Å²) < 4.78 is 5.14. The number of carbonyl (C=O) groups is 2. The number of hydrogen-bond donors (Lipinski definition) is 3. The lowest BCUT2D eigenvalue weighted by atomic mass is 9.98. The Morgan fingerprint density at radius 3 is 2.11 bits per heavy atom. The summed E-state index contributed by atoms with van der Waals surface area (Å²) in [5.41, 5.74) is 0.748. The fourth-order valence-electron chi connectivity index (χ4n) is 2.44. The molecule has 1 unspecified atom stereocenters. The number of ether oxygens (including phenoxy) is 1. The molecule has 0 aliphatic heterocycles. The Morgan fingerprint density at radius 2 is 1.56 bits per heavy atom. The van der Waals surface area contributed by atoms with E-state index >= 15 is 0 Å². The highest BCUT2D eigenvalue weighted by atomic mass is 16.5. The van der Waals surface area contributed by atoms with Crippen molar-refractivity contribution in [3.05, 3.63) is 71.8 Å². The summed E-state index contributed by atoms with van der Waals surface area (Å²) in [6, 6.07) is 17.2. The summed E-state index contributed by atoms with van der Waals surface area (Å²) in [6.45, 7) is 1.69. The van der Waals surface area contributed by atoms with E-state index in [1.54, 1.807) is 26.2 Å². The van der Waals surface area contributed by atoms with Gasteiger partial charge in [-0.2, -0.15) is 0 Å². The molecule has 3 N–H and O–H groups in total. The second kappa shape index (κ2) is 8.71. The van der Waals surface area contributed by atoms with Gasteiger partial charge in [-0.3, -0.25) is 4.79 Å². The third-order valence-electron chi connectivity index (χ3n) is 4.08. The van der Waals surface area contributed by atoms with Gasteiger partial charge in [0.1, 0.15) is 17.1 Å². The van der Waals surface area contributed by atoms with Crippen molar-refractivity contribution in [2.45, 2.75) is 12.8 Å². The molecule has 0 heterocycles. The minimum atomic E-state index is -1.11. The van der Waals surface area contributed by atoms with E-state index in [4.69, 9.17) is 20.1 Å². The summed E-state index contributed by atoms with van der Waals surface area (Å²) >= 11 is 0. The normalized spacial score (nSPS) is 11.2. The first-order chi connectivity index (χ1) is 12.8. The number of aromatic carboxylic acids is 1. The van der Waals surface area contributed by atoms with Crippen molar-refractivity contribution in [1.29, 1.82) is 0 Å². The second-order valence-corrected chi connectivity index (χ2v) is 5.85. The van der Waals surface area contributed by atoms with Gasteiger partial charge >= 0.3 is 11.9 Å². The molecule has 0 bridgehead atoms. The predicted molar refractivity (Wildman–Crippen MR) is 102 cm³/mol. The van der Waals surface area contributed by atoms with Crippen molar-refractivity contribution in [2.24, 2.45) is 0 Å². The van der Waals surface area contributed by atoms with Crippen LogP contribution in [0.1, 0.15) is 28.8 Å². The summed E-state index contributed by atoms with van der Waals surface area (Å²) in [6.07, 6.45) is 0. The third-order valence-corrected chi connectivity index (χ3v) is 4.08. The first-order valence-corrected chi connectivity index (χ1v) is 8.15. The summed E-state index contributed by atoms with van der Waals surface area (Å²) in [5, 5.41) is 28.3. The Balaban J connectivity index is 0.000000223. The minimum absolute atomic E-state index is 0.0671. The number of rotatable bonds is 4. The lowest BCUT2D eigenvalue weighted by molar-refractivity contribution is -0.138. The molecule has 3 aromatic carbocycles. The molecule has 0 saturated heterocycles. The first-order valence-electron chi connectivity index (χ1n) is 8.15. The summed E-state index contributed by atoms with van der Waals surface area (Å²) in [5.74, 6) is -1.80. The maximum absolute atomic E-state index is 10.9. The Labute approximate surface area is 156 Å². The summed E-state index contributed by atoms with van der Waals surface area (Å²) in [7, 11) is 1.63. The van der Waals surface area contributed by atoms with E-state index in [2.05, 4.69) is 0 Å². The molecule has 1 atom stereocenters. The molecular weight excluding hydrogens is 348 g/mol. The molecule has 0 aromatic heterocycles. The zero-order valence-corrected chi connectivity index (χ0v) is 14.9. The standard InChI is InChI=1S/C14H14O3.C7H6O3/c1-9(14(15)16)10-3-4-12-8-13(17-2)6-5-11(12)7-10;8-6-4-2-1-3-5(6)7(9)10/h3-9H,1-2H3,(H,15,16);1-4,8H,(H,9,10). The van der Waals surface area contributed by atoms with Crippen LogP contribution in [0.25, 0.3) is 10.8 Å². The van der Waals surface area contributed by atoms with Gasteiger partial charge in [-0.15, -0.1) is 0 Å². The molecule has 0 spiro atoms. The predicted octanol–water partition coefficient (Wildman–Crippen LogP) is 4.13. The maximum Gasteiger partial charge on any atom is 0.339 e. The number of carboxylic acids is 2. The zero-order chi connectivity index (χ0) is 20.0. The van der Waals surface area contributed by atoms with Crippen LogP contribution in [-0.2, 0) is 4.79 Å². The van der Waals surface area contributed by atoms with E-state index in [1.165, 1.54) is 12.1 Å². The maximum atomic E-state index is 10.9. The van der Waals surface area contributed by atoms with Crippen LogP contribution in [0.2, 0.25) is 0 Å². The van der Waals surface area contributed by atoms with Gasteiger partial charge < -0.3 is 20.1 Å². The monoisotopic (exact) mass is 368 g/mol. The van der Waals surface area contributed by atoms with Crippen LogP contribution in [0.4, 0.5) is 0 Å². The molecular formula is C21H20O6. The van der Waals surface area contributed by atoms with Crippen LogP contribution in [0, 0.1) is 0 Å². The zero-order valence-electron chi connectivity index (χ0n) is 14.9. The highest BCUT2D eigenvalue weighted by Crippen LogP contribution is 2.25. The largest absolute Gasteiger partial charge is 0.507 e. The van der Waals surface area contributed by atoms with Gasteiger partial charge in [0.15, 0.2) is 0 Å². The number of benzene rings is 3. The van der Waals surface area contributed by atoms with E-state index < -0.39 is 17.9 Å². The minimum Gasteiger partial charge on any atom is -0.507 e. The Kier molecular flexibility index (Phi) is 6.38. The number of phenols is 1. The van der Waals surface area contributed by atoms with Crippen LogP contribution >= 0.6 is 0 Å².